The molecule has 1 heteroatoms. The van der Waals surface area contributed by atoms with Crippen molar-refractivity contribution in [3.8, 4) is 22.0 Å². The molecule has 0 aliphatic carbocycles. The lowest BCUT2D eigenvalue weighted by Crippen LogP contribution is -1.80. The minimum Gasteiger partial charge on any atom is -0.0645 e. The van der Waals surface area contributed by atoms with Crippen molar-refractivity contribution in [1.29, 1.82) is 0 Å². The van der Waals surface area contributed by atoms with Crippen molar-refractivity contribution in [2.24, 2.45) is 0 Å². The predicted octanol–water partition coefficient (Wildman–Crippen LogP) is 5.91. The molecule has 1 aromatic heterocycles. The lowest BCUT2D eigenvalue weighted by Gasteiger charge is -2.07. The van der Waals surface area contributed by atoms with Crippen LogP contribution < -0.4 is 0 Å². The Labute approximate surface area is 115 Å². The van der Waals surface area contributed by atoms with Gasteiger partial charge in [0.1, 0.15) is 0 Å². The second-order valence-electron chi connectivity index (χ2n) is 4.61. The van der Waals surface area contributed by atoms with Gasteiger partial charge in [0, 0.05) is 5.30 Å². The fraction of sp³-hybridized carbons (Fsp3) is 0.0556. The molecule has 0 spiro atoms. The third-order valence-electron chi connectivity index (χ3n) is 3.13. The molecule has 92 valence electrons. The molecule has 0 unspecified atom stereocenters. The van der Waals surface area contributed by atoms with Crippen LogP contribution in [0.3, 0.4) is 0 Å². The van der Waals surface area contributed by atoms with E-state index in [0.717, 1.165) is 0 Å². The molecular weight excluding hydrogens is 247 g/mol. The van der Waals surface area contributed by atoms with Gasteiger partial charge in [-0.25, -0.2) is 0 Å². The zero-order valence-corrected chi connectivity index (χ0v) is 11.8. The van der Waals surface area contributed by atoms with Crippen LogP contribution in [0.25, 0.3) is 22.0 Å². The van der Waals surface area contributed by atoms with E-state index < -0.39 is 0 Å². The van der Waals surface area contributed by atoms with Crippen molar-refractivity contribution < 1.29 is 0 Å². The molecule has 0 N–H and O–H groups in total. The Morgan fingerprint density at radius 1 is 0.632 bits per heavy atom. The van der Waals surface area contributed by atoms with Crippen LogP contribution in [-0.4, -0.2) is 0 Å². The molecule has 3 aromatic rings. The molecule has 0 aliphatic rings. The van der Waals surface area contributed by atoms with E-state index in [1.165, 1.54) is 35.5 Å². The number of aryl methyl sites for hydroxylation is 1. The van der Waals surface area contributed by atoms with Crippen LogP contribution >= 0.6 is 8.19 Å². The van der Waals surface area contributed by atoms with Gasteiger partial charge in [-0.2, -0.15) is 0 Å². The Hall–Kier alpha value is -1.91. The van der Waals surface area contributed by atoms with Crippen LogP contribution in [0.15, 0.2) is 72.8 Å². The van der Waals surface area contributed by atoms with Gasteiger partial charge >= 0.3 is 0 Å². The van der Waals surface area contributed by atoms with Gasteiger partial charge in [0.2, 0.25) is 0 Å². The third kappa shape index (κ3) is 2.75. The van der Waals surface area contributed by atoms with Gasteiger partial charge in [0.25, 0.3) is 0 Å². The summed E-state index contributed by atoms with van der Waals surface area (Å²) in [6.45, 7) is 2.19. The van der Waals surface area contributed by atoms with E-state index in [9.17, 15) is 0 Å². The summed E-state index contributed by atoms with van der Waals surface area (Å²) in [5.74, 6) is 0. The Morgan fingerprint density at radius 2 is 1.21 bits per heavy atom. The molecule has 0 radical (unpaired) electrons. The maximum atomic E-state index is 2.30. The Bertz CT molecular complexity index is 615. The molecule has 0 fully saturated rings. The number of hydrogen-bond donors (Lipinski definition) is 0. The van der Waals surface area contributed by atoms with Gasteiger partial charge in [-0.1, -0.05) is 68.9 Å². The van der Waals surface area contributed by atoms with Crippen LogP contribution in [0.1, 0.15) is 5.30 Å². The molecular formula is C18H15P. The minimum atomic E-state index is 1.28. The summed E-state index contributed by atoms with van der Waals surface area (Å²) in [7, 11) is 1.31. The van der Waals surface area contributed by atoms with Gasteiger partial charge in [0.05, 0.1) is 0 Å². The van der Waals surface area contributed by atoms with Gasteiger partial charge in [-0.05, 0) is 41.0 Å². The first-order valence-corrected chi connectivity index (χ1v) is 7.32. The Morgan fingerprint density at radius 3 is 1.84 bits per heavy atom. The first-order chi connectivity index (χ1) is 9.33. The zero-order chi connectivity index (χ0) is 13.1. The molecule has 0 amide bonds. The van der Waals surface area contributed by atoms with Gasteiger partial charge in [-0.15, -0.1) is 0 Å². The summed E-state index contributed by atoms with van der Waals surface area (Å²) >= 11 is 0. The maximum absolute atomic E-state index is 2.30. The molecule has 0 bridgehead atoms. The summed E-state index contributed by atoms with van der Waals surface area (Å²) in [4.78, 5) is 0. The van der Waals surface area contributed by atoms with E-state index in [1.807, 2.05) is 0 Å². The highest BCUT2D eigenvalue weighted by atomic mass is 31.0. The highest BCUT2D eigenvalue weighted by Crippen LogP contribution is 2.35. The SMILES string of the molecule is Cc1cc(-c2ccccc2)cc(-c2ccccc2)p1. The monoisotopic (exact) mass is 262 g/mol. The number of hydrogen-bond acceptors (Lipinski definition) is 0. The van der Waals surface area contributed by atoms with Crippen molar-refractivity contribution >= 4 is 8.19 Å². The molecule has 3 rings (SSSR count). The van der Waals surface area contributed by atoms with Crippen molar-refractivity contribution in [3.05, 3.63) is 78.1 Å². The zero-order valence-electron chi connectivity index (χ0n) is 10.9. The summed E-state index contributed by atoms with van der Waals surface area (Å²) in [6, 6.07) is 25.8. The Kier molecular flexibility index (Phi) is 3.44. The van der Waals surface area contributed by atoms with E-state index in [1.54, 1.807) is 0 Å². The van der Waals surface area contributed by atoms with Crippen molar-refractivity contribution in [1.82, 2.24) is 0 Å². The number of benzene rings is 2. The number of rotatable bonds is 2. The second kappa shape index (κ2) is 5.38. The van der Waals surface area contributed by atoms with Crippen LogP contribution in [0.2, 0.25) is 0 Å². The van der Waals surface area contributed by atoms with E-state index in [0.29, 0.717) is 0 Å². The summed E-state index contributed by atoms with van der Waals surface area (Å²) in [6.07, 6.45) is 0. The van der Waals surface area contributed by atoms with Crippen molar-refractivity contribution in [2.75, 3.05) is 0 Å². The van der Waals surface area contributed by atoms with E-state index in [-0.39, 0.29) is 0 Å². The normalized spacial score (nSPS) is 10.8. The summed E-state index contributed by atoms with van der Waals surface area (Å²) in [5.41, 5.74) is 3.89. The average molecular weight is 262 g/mol. The van der Waals surface area contributed by atoms with E-state index in [4.69, 9.17) is 0 Å². The fourth-order valence-electron chi connectivity index (χ4n) is 2.22. The highest BCUT2D eigenvalue weighted by molar-refractivity contribution is 7.34. The topological polar surface area (TPSA) is 0 Å². The summed E-state index contributed by atoms with van der Waals surface area (Å²) in [5, 5.41) is 2.76. The standard InChI is InChI=1S/C18H15P/c1-14-12-17(15-8-4-2-5-9-15)13-18(19-14)16-10-6-3-7-11-16/h2-13H,1H3. The Balaban J connectivity index is 2.12. The van der Waals surface area contributed by atoms with Crippen LogP contribution in [0, 0.1) is 6.92 Å². The highest BCUT2D eigenvalue weighted by Gasteiger charge is 2.03. The van der Waals surface area contributed by atoms with Crippen LogP contribution in [0.5, 0.6) is 0 Å². The van der Waals surface area contributed by atoms with Gasteiger partial charge < -0.3 is 0 Å². The molecule has 0 nitrogen and oxygen atoms in total. The van der Waals surface area contributed by atoms with Crippen molar-refractivity contribution in [3.63, 3.8) is 0 Å². The fourth-order valence-corrected chi connectivity index (χ4v) is 3.29. The van der Waals surface area contributed by atoms with E-state index >= 15 is 0 Å². The lowest BCUT2D eigenvalue weighted by atomic mass is 10.1. The van der Waals surface area contributed by atoms with Crippen LogP contribution in [-0.2, 0) is 0 Å². The molecule has 0 saturated carbocycles. The largest absolute Gasteiger partial charge is 0.0645 e. The molecule has 2 aromatic carbocycles. The maximum Gasteiger partial charge on any atom is 0.00989 e. The van der Waals surface area contributed by atoms with E-state index in [2.05, 4.69) is 79.7 Å². The molecule has 1 heterocycles. The predicted molar refractivity (Wildman–Crippen MR) is 84.6 cm³/mol. The van der Waals surface area contributed by atoms with Gasteiger partial charge in [0.15, 0.2) is 0 Å². The molecule has 0 aliphatic heterocycles. The molecule has 19 heavy (non-hydrogen) atoms. The average Bonchev–Trinajstić information content (AvgIpc) is 2.48. The smallest absolute Gasteiger partial charge is 0.00989 e. The quantitative estimate of drug-likeness (QED) is 0.538. The van der Waals surface area contributed by atoms with Gasteiger partial charge in [-0.3, -0.25) is 0 Å². The van der Waals surface area contributed by atoms with Crippen LogP contribution in [0.4, 0.5) is 0 Å². The lowest BCUT2D eigenvalue weighted by molar-refractivity contribution is 1.57. The molecule has 0 saturated heterocycles. The third-order valence-corrected chi connectivity index (χ3v) is 4.24. The summed E-state index contributed by atoms with van der Waals surface area (Å²) < 4.78 is 0. The first-order valence-electron chi connectivity index (χ1n) is 6.42. The molecule has 0 atom stereocenters. The minimum absolute atomic E-state index is 1.28. The second-order valence-corrected chi connectivity index (χ2v) is 6.03. The van der Waals surface area contributed by atoms with Crippen molar-refractivity contribution in [2.45, 2.75) is 6.92 Å². The first kappa shape index (κ1) is 12.1.